The lowest BCUT2D eigenvalue weighted by Gasteiger charge is -1.97. The van der Waals surface area contributed by atoms with Crippen LogP contribution in [0.5, 0.6) is 0 Å². The van der Waals surface area contributed by atoms with Gasteiger partial charge in [-0.3, -0.25) is 9.59 Å². The molecule has 32 heavy (non-hydrogen) atoms. The molecule has 2 aromatic carbocycles. The van der Waals surface area contributed by atoms with Crippen molar-refractivity contribution in [3.8, 4) is 33.4 Å². The number of ketones is 2. The molecule has 0 amide bonds. The van der Waals surface area contributed by atoms with Gasteiger partial charge in [-0.15, -0.1) is 22.7 Å². The molecule has 0 aliphatic carbocycles. The Morgan fingerprint density at radius 1 is 0.594 bits per heavy atom. The second-order valence-electron chi connectivity index (χ2n) is 7.05. The maximum Gasteiger partial charge on any atom is 0.169 e. The molecule has 2 aromatic heterocycles. The van der Waals surface area contributed by atoms with Gasteiger partial charge in [0, 0.05) is 22.3 Å². The molecule has 0 spiro atoms. The van der Waals surface area contributed by atoms with Gasteiger partial charge in [0.15, 0.2) is 11.6 Å². The van der Waals surface area contributed by atoms with E-state index < -0.39 is 0 Å². The fraction of sp³-hybridized carbons (Fsp3) is 0.0714. The van der Waals surface area contributed by atoms with Gasteiger partial charge in [-0.25, -0.2) is 0 Å². The Morgan fingerprint density at radius 3 is 1.31 bits per heavy atom. The topological polar surface area (TPSA) is 34.1 Å². The van der Waals surface area contributed by atoms with Gasteiger partial charge in [0.2, 0.25) is 0 Å². The number of carbonyl (C=O) groups excluding carboxylic acids is 2. The van der Waals surface area contributed by atoms with Crippen LogP contribution in [0.2, 0.25) is 0 Å². The van der Waals surface area contributed by atoms with Crippen LogP contribution >= 0.6 is 22.7 Å². The van der Waals surface area contributed by atoms with Crippen molar-refractivity contribution in [2.75, 3.05) is 0 Å². The number of carbonyl (C=O) groups is 2. The molecule has 0 atom stereocenters. The molecule has 0 fully saturated rings. The summed E-state index contributed by atoms with van der Waals surface area (Å²) >= 11 is 2.79. The second-order valence-corrected chi connectivity index (χ2v) is 9.16. The number of Topliss-reactive ketones (excluding diaryl/α,β-unsaturated/α-hetero) is 2. The minimum Gasteiger partial charge on any atom is -0.294 e. The molecule has 0 bridgehead atoms. The molecule has 0 N–H and O–H groups in total. The summed E-state index contributed by atoms with van der Waals surface area (Å²) in [7, 11) is 0. The third kappa shape index (κ3) is 4.95. The van der Waals surface area contributed by atoms with Crippen molar-refractivity contribution in [2.24, 2.45) is 0 Å². The van der Waals surface area contributed by atoms with Crippen LogP contribution in [0.25, 0.3) is 9.75 Å². The van der Waals surface area contributed by atoms with E-state index in [9.17, 15) is 9.59 Å². The van der Waals surface area contributed by atoms with Gasteiger partial charge in [-0.1, -0.05) is 60.1 Å². The van der Waals surface area contributed by atoms with Crippen LogP contribution in [0.1, 0.15) is 55.4 Å². The molecule has 4 rings (SSSR count). The highest BCUT2D eigenvalue weighted by Crippen LogP contribution is 2.40. The Kier molecular flexibility index (Phi) is 6.47. The van der Waals surface area contributed by atoms with E-state index in [1.54, 1.807) is 13.8 Å². The molecule has 4 aromatic rings. The summed E-state index contributed by atoms with van der Waals surface area (Å²) in [5, 5.41) is 0. The summed E-state index contributed by atoms with van der Waals surface area (Å²) in [6.07, 6.45) is 0. The van der Waals surface area contributed by atoms with Gasteiger partial charge in [0.25, 0.3) is 0 Å². The maximum absolute atomic E-state index is 12.1. The van der Waals surface area contributed by atoms with Gasteiger partial charge in [-0.2, -0.15) is 0 Å². The van der Waals surface area contributed by atoms with Gasteiger partial charge >= 0.3 is 0 Å². The lowest BCUT2D eigenvalue weighted by molar-refractivity contribution is 0.101. The predicted octanol–water partition coefficient (Wildman–Crippen LogP) is 6.68. The van der Waals surface area contributed by atoms with Crippen molar-refractivity contribution >= 4 is 34.2 Å². The Bertz CT molecular complexity index is 1310. The normalized spacial score (nSPS) is 9.94. The van der Waals surface area contributed by atoms with Crippen molar-refractivity contribution in [2.45, 2.75) is 13.8 Å². The highest BCUT2D eigenvalue weighted by molar-refractivity contribution is 7.24. The zero-order valence-corrected chi connectivity index (χ0v) is 19.2. The number of hydrogen-bond acceptors (Lipinski definition) is 4. The first-order valence-corrected chi connectivity index (χ1v) is 11.6. The van der Waals surface area contributed by atoms with Gasteiger partial charge in [0.05, 0.1) is 19.5 Å². The second kappa shape index (κ2) is 9.62. The van der Waals surface area contributed by atoms with E-state index in [-0.39, 0.29) is 11.6 Å². The van der Waals surface area contributed by atoms with Gasteiger partial charge < -0.3 is 0 Å². The van der Waals surface area contributed by atoms with Crippen LogP contribution in [-0.2, 0) is 0 Å². The van der Waals surface area contributed by atoms with E-state index in [0.29, 0.717) is 9.75 Å². The Balaban J connectivity index is 1.86. The van der Waals surface area contributed by atoms with E-state index in [1.165, 1.54) is 22.7 Å². The smallest absolute Gasteiger partial charge is 0.169 e. The summed E-state index contributed by atoms with van der Waals surface area (Å²) in [4.78, 5) is 27.2. The molecule has 4 heteroatoms. The van der Waals surface area contributed by atoms with Crippen molar-refractivity contribution in [3.63, 3.8) is 0 Å². The van der Waals surface area contributed by atoms with Crippen LogP contribution in [0.4, 0.5) is 0 Å². The Morgan fingerprint density at radius 2 is 0.969 bits per heavy atom. The van der Waals surface area contributed by atoms with Gasteiger partial charge in [-0.05, 0) is 50.2 Å². The monoisotopic (exact) mass is 450 g/mol. The average molecular weight is 451 g/mol. The minimum atomic E-state index is -0.00993. The van der Waals surface area contributed by atoms with Crippen molar-refractivity contribution in [1.82, 2.24) is 0 Å². The highest BCUT2D eigenvalue weighted by atomic mass is 32.1. The van der Waals surface area contributed by atoms with Gasteiger partial charge in [0.1, 0.15) is 0 Å². The molecule has 0 aliphatic heterocycles. The van der Waals surface area contributed by atoms with Crippen LogP contribution in [-0.4, -0.2) is 11.6 Å². The standard InChI is InChI=1S/C28H18O2S2/c1-19(29)25-17-23(15-13-21-9-5-3-6-10-21)27(31-25)28-24(18-26(32-28)20(2)30)16-14-22-11-7-4-8-12-22/h3-12,17-18H,1-2H3. The number of rotatable bonds is 3. The molecule has 0 radical (unpaired) electrons. The predicted molar refractivity (Wildman–Crippen MR) is 132 cm³/mol. The van der Waals surface area contributed by atoms with E-state index in [1.807, 2.05) is 72.8 Å². The fourth-order valence-corrected chi connectivity index (χ4v) is 5.15. The fourth-order valence-electron chi connectivity index (χ4n) is 2.97. The molecule has 2 nitrogen and oxygen atoms in total. The molecular weight excluding hydrogens is 432 g/mol. The third-order valence-corrected chi connectivity index (χ3v) is 7.23. The Hall–Kier alpha value is -3.70. The van der Waals surface area contributed by atoms with Crippen LogP contribution in [0.3, 0.4) is 0 Å². The molecule has 2 heterocycles. The molecule has 0 saturated carbocycles. The molecule has 0 saturated heterocycles. The lowest BCUT2D eigenvalue weighted by Crippen LogP contribution is -1.84. The van der Waals surface area contributed by atoms with Crippen LogP contribution in [0, 0.1) is 23.7 Å². The number of thiophene rings is 2. The largest absolute Gasteiger partial charge is 0.294 e. The lowest BCUT2D eigenvalue weighted by atomic mass is 10.1. The van der Waals surface area contributed by atoms with Crippen LogP contribution in [0.15, 0.2) is 72.8 Å². The number of benzene rings is 2. The maximum atomic E-state index is 12.1. The summed E-state index contributed by atoms with van der Waals surface area (Å²) in [6.45, 7) is 3.10. The summed E-state index contributed by atoms with van der Waals surface area (Å²) in [5.41, 5.74) is 3.33. The quantitative estimate of drug-likeness (QED) is 0.258. The SMILES string of the molecule is CC(=O)c1cc(C#Cc2ccccc2)c(-c2sc(C(C)=O)cc2C#Cc2ccccc2)s1. The summed E-state index contributed by atoms with van der Waals surface area (Å²) < 4.78 is 0. The molecular formula is C28H18O2S2. The van der Waals surface area contributed by atoms with Crippen molar-refractivity contribution < 1.29 is 9.59 Å². The molecule has 0 unspecified atom stereocenters. The zero-order chi connectivity index (χ0) is 22.5. The van der Waals surface area contributed by atoms with E-state index in [0.717, 1.165) is 32.0 Å². The van der Waals surface area contributed by atoms with E-state index in [4.69, 9.17) is 0 Å². The first kappa shape index (κ1) is 21.5. The first-order chi connectivity index (χ1) is 15.5. The summed E-state index contributed by atoms with van der Waals surface area (Å²) in [5.74, 6) is 12.8. The molecule has 154 valence electrons. The first-order valence-electron chi connectivity index (χ1n) is 9.95. The number of hydrogen-bond donors (Lipinski definition) is 0. The van der Waals surface area contributed by atoms with Crippen molar-refractivity contribution in [3.05, 3.63) is 105 Å². The zero-order valence-electron chi connectivity index (χ0n) is 17.6. The summed E-state index contributed by atoms with van der Waals surface area (Å²) in [6, 6.07) is 23.1. The average Bonchev–Trinajstić information content (AvgIpc) is 3.42. The van der Waals surface area contributed by atoms with E-state index >= 15 is 0 Å². The highest BCUT2D eigenvalue weighted by Gasteiger charge is 2.19. The Labute approximate surface area is 195 Å². The molecule has 0 aliphatic rings. The van der Waals surface area contributed by atoms with Crippen molar-refractivity contribution in [1.29, 1.82) is 0 Å². The minimum absolute atomic E-state index is 0.00993. The van der Waals surface area contributed by atoms with E-state index in [2.05, 4.69) is 23.7 Å². The third-order valence-electron chi connectivity index (χ3n) is 4.59. The van der Waals surface area contributed by atoms with Crippen LogP contribution < -0.4 is 0 Å².